The van der Waals surface area contributed by atoms with Gasteiger partial charge in [0.15, 0.2) is 0 Å². The first-order valence-corrected chi connectivity index (χ1v) is 6.77. The molecule has 0 aliphatic rings. The molecule has 98 valence electrons. The molecule has 2 rings (SSSR count). The molecule has 0 aliphatic carbocycles. The number of hydrogen-bond acceptors (Lipinski definition) is 1. The number of nitrogens with one attached hydrogen (secondary N) is 1. The second-order valence-electron chi connectivity index (χ2n) is 3.71. The molecule has 19 heavy (non-hydrogen) atoms. The molecule has 0 saturated heterocycles. The molecule has 0 spiro atoms. The van der Waals surface area contributed by atoms with Crippen LogP contribution in [0.15, 0.2) is 45.3 Å². The number of anilines is 1. The normalized spacial score (nSPS) is 10.3. The lowest BCUT2D eigenvalue weighted by Gasteiger charge is -2.08. The monoisotopic (exact) mass is 389 g/mol. The molecule has 0 radical (unpaired) electrons. The average molecular weight is 391 g/mol. The highest BCUT2D eigenvalue weighted by Crippen LogP contribution is 2.21. The maximum absolute atomic E-state index is 13.6. The SMILES string of the molecule is O=C(Nc1cccc(Br)c1)c1c(F)cc(Br)cc1F. The van der Waals surface area contributed by atoms with Crippen LogP contribution in [0.2, 0.25) is 0 Å². The number of carbonyl (C=O) groups is 1. The second-order valence-corrected chi connectivity index (χ2v) is 5.54. The Morgan fingerprint density at radius 1 is 1.00 bits per heavy atom. The maximum atomic E-state index is 13.6. The largest absolute Gasteiger partial charge is 0.322 e. The van der Waals surface area contributed by atoms with Crippen LogP contribution in [0.1, 0.15) is 10.4 Å². The summed E-state index contributed by atoms with van der Waals surface area (Å²) in [6.07, 6.45) is 0. The van der Waals surface area contributed by atoms with Gasteiger partial charge in [-0.15, -0.1) is 0 Å². The Morgan fingerprint density at radius 3 is 2.21 bits per heavy atom. The molecule has 6 heteroatoms. The van der Waals surface area contributed by atoms with Crippen molar-refractivity contribution in [2.45, 2.75) is 0 Å². The zero-order chi connectivity index (χ0) is 14.0. The third-order valence-electron chi connectivity index (χ3n) is 2.32. The third kappa shape index (κ3) is 3.39. The standard InChI is InChI=1S/C13H7Br2F2NO/c14-7-2-1-3-9(4-7)18-13(19)12-10(16)5-8(15)6-11(12)17/h1-6H,(H,18,19). The Kier molecular flexibility index (Phi) is 4.31. The summed E-state index contributed by atoms with van der Waals surface area (Å²) in [5.41, 5.74) is -0.163. The predicted octanol–water partition coefficient (Wildman–Crippen LogP) is 4.74. The van der Waals surface area contributed by atoms with E-state index in [4.69, 9.17) is 0 Å². The van der Waals surface area contributed by atoms with Crippen molar-refractivity contribution in [2.24, 2.45) is 0 Å². The summed E-state index contributed by atoms with van der Waals surface area (Å²) >= 11 is 6.20. The van der Waals surface area contributed by atoms with E-state index in [2.05, 4.69) is 37.2 Å². The molecule has 2 aromatic rings. The highest BCUT2D eigenvalue weighted by Gasteiger charge is 2.18. The molecule has 0 heterocycles. The molecule has 0 atom stereocenters. The molecule has 0 fully saturated rings. The number of hydrogen-bond donors (Lipinski definition) is 1. The minimum absolute atomic E-state index is 0.238. The van der Waals surface area contributed by atoms with Crippen LogP contribution < -0.4 is 5.32 Å². The smallest absolute Gasteiger partial charge is 0.261 e. The third-order valence-corrected chi connectivity index (χ3v) is 3.27. The van der Waals surface area contributed by atoms with E-state index < -0.39 is 23.1 Å². The summed E-state index contributed by atoms with van der Waals surface area (Å²) in [4.78, 5) is 11.9. The van der Waals surface area contributed by atoms with Crippen molar-refractivity contribution >= 4 is 43.5 Å². The van der Waals surface area contributed by atoms with Crippen molar-refractivity contribution in [2.75, 3.05) is 5.32 Å². The zero-order valence-corrected chi connectivity index (χ0v) is 12.6. The van der Waals surface area contributed by atoms with E-state index in [0.29, 0.717) is 5.69 Å². The zero-order valence-electron chi connectivity index (χ0n) is 9.38. The van der Waals surface area contributed by atoms with Gasteiger partial charge >= 0.3 is 0 Å². The van der Waals surface area contributed by atoms with Gasteiger partial charge in [0.1, 0.15) is 17.2 Å². The number of amides is 1. The van der Waals surface area contributed by atoms with Crippen LogP contribution in [0, 0.1) is 11.6 Å². The molecule has 0 unspecified atom stereocenters. The minimum atomic E-state index is -0.917. The Hall–Kier alpha value is -1.27. The van der Waals surface area contributed by atoms with Crippen LogP contribution in [0.3, 0.4) is 0 Å². The van der Waals surface area contributed by atoms with Gasteiger partial charge in [-0.1, -0.05) is 37.9 Å². The summed E-state index contributed by atoms with van der Waals surface area (Å²) in [7, 11) is 0. The fraction of sp³-hybridized carbons (Fsp3) is 0. The van der Waals surface area contributed by atoms with Crippen LogP contribution in [0.4, 0.5) is 14.5 Å². The van der Waals surface area contributed by atoms with Crippen LogP contribution in [-0.2, 0) is 0 Å². The van der Waals surface area contributed by atoms with Crippen molar-refractivity contribution in [1.82, 2.24) is 0 Å². The van der Waals surface area contributed by atoms with E-state index in [9.17, 15) is 13.6 Å². The molecule has 1 amide bonds. The van der Waals surface area contributed by atoms with Gasteiger partial charge in [0, 0.05) is 14.6 Å². The fourth-order valence-electron chi connectivity index (χ4n) is 1.52. The highest BCUT2D eigenvalue weighted by atomic mass is 79.9. The van der Waals surface area contributed by atoms with Crippen molar-refractivity contribution in [3.63, 3.8) is 0 Å². The Balaban J connectivity index is 2.31. The number of carbonyl (C=O) groups excluding carboxylic acids is 1. The summed E-state index contributed by atoms with van der Waals surface area (Å²) in [6.45, 7) is 0. The Labute approximate surface area is 125 Å². The van der Waals surface area contributed by atoms with Gasteiger partial charge in [-0.2, -0.15) is 0 Å². The maximum Gasteiger partial charge on any atom is 0.261 e. The van der Waals surface area contributed by atoms with Crippen molar-refractivity contribution in [3.8, 4) is 0 Å². The van der Waals surface area contributed by atoms with E-state index in [-0.39, 0.29) is 4.47 Å². The molecule has 1 N–H and O–H groups in total. The van der Waals surface area contributed by atoms with E-state index in [1.807, 2.05) is 0 Å². The molecule has 2 nitrogen and oxygen atoms in total. The summed E-state index contributed by atoms with van der Waals surface area (Å²) in [5, 5.41) is 2.44. The number of rotatable bonds is 2. The molecule has 0 saturated carbocycles. The Bertz CT molecular complexity index is 623. The highest BCUT2D eigenvalue weighted by molar-refractivity contribution is 9.10. The predicted molar refractivity (Wildman–Crippen MR) is 76.2 cm³/mol. The lowest BCUT2D eigenvalue weighted by molar-refractivity contribution is 0.101. The minimum Gasteiger partial charge on any atom is -0.322 e. The Morgan fingerprint density at radius 2 is 1.63 bits per heavy atom. The van der Waals surface area contributed by atoms with Gasteiger partial charge in [0.25, 0.3) is 5.91 Å². The second kappa shape index (κ2) is 5.79. The van der Waals surface area contributed by atoms with Crippen LogP contribution in [0.5, 0.6) is 0 Å². The number of halogens is 4. The van der Waals surface area contributed by atoms with E-state index in [1.165, 1.54) is 0 Å². The van der Waals surface area contributed by atoms with Crippen molar-refractivity contribution in [3.05, 3.63) is 62.5 Å². The van der Waals surface area contributed by atoms with Crippen LogP contribution >= 0.6 is 31.9 Å². The first-order chi connectivity index (χ1) is 8.97. The molecular formula is C13H7Br2F2NO. The van der Waals surface area contributed by atoms with Crippen LogP contribution in [0.25, 0.3) is 0 Å². The van der Waals surface area contributed by atoms with Crippen LogP contribution in [-0.4, -0.2) is 5.91 Å². The lowest BCUT2D eigenvalue weighted by atomic mass is 10.2. The molecular weight excluding hydrogens is 384 g/mol. The number of benzene rings is 2. The first-order valence-electron chi connectivity index (χ1n) is 5.19. The summed E-state index contributed by atoms with van der Waals surface area (Å²) in [5.74, 6) is -2.67. The summed E-state index contributed by atoms with van der Waals surface area (Å²) < 4.78 is 28.2. The van der Waals surface area contributed by atoms with Gasteiger partial charge in [-0.3, -0.25) is 4.79 Å². The molecule has 2 aromatic carbocycles. The van der Waals surface area contributed by atoms with Crippen molar-refractivity contribution in [1.29, 1.82) is 0 Å². The summed E-state index contributed by atoms with van der Waals surface area (Å²) in [6, 6.07) is 8.81. The average Bonchev–Trinajstić information content (AvgIpc) is 2.27. The fourth-order valence-corrected chi connectivity index (χ4v) is 2.32. The molecule has 0 bridgehead atoms. The van der Waals surface area contributed by atoms with E-state index >= 15 is 0 Å². The lowest BCUT2D eigenvalue weighted by Crippen LogP contribution is -2.15. The quantitative estimate of drug-likeness (QED) is 0.788. The first kappa shape index (κ1) is 14.1. The van der Waals surface area contributed by atoms with E-state index in [0.717, 1.165) is 16.6 Å². The molecule has 0 aliphatic heterocycles. The topological polar surface area (TPSA) is 29.1 Å². The van der Waals surface area contributed by atoms with Gasteiger partial charge in [-0.25, -0.2) is 8.78 Å². The van der Waals surface area contributed by atoms with Gasteiger partial charge in [0.05, 0.1) is 0 Å². The van der Waals surface area contributed by atoms with Crippen molar-refractivity contribution < 1.29 is 13.6 Å². The van der Waals surface area contributed by atoms with Gasteiger partial charge in [-0.05, 0) is 30.3 Å². The molecule has 0 aromatic heterocycles. The van der Waals surface area contributed by atoms with E-state index in [1.54, 1.807) is 24.3 Å². The van der Waals surface area contributed by atoms with Gasteiger partial charge in [0.2, 0.25) is 0 Å². The van der Waals surface area contributed by atoms with Gasteiger partial charge < -0.3 is 5.32 Å².